The van der Waals surface area contributed by atoms with Crippen LogP contribution in [0.25, 0.3) is 0 Å². The van der Waals surface area contributed by atoms with Crippen LogP contribution >= 0.6 is 0 Å². The number of amides is 4. The van der Waals surface area contributed by atoms with Crippen molar-refractivity contribution >= 4 is 29.3 Å². The van der Waals surface area contributed by atoms with Gasteiger partial charge in [-0.3, -0.25) is 24.2 Å². The van der Waals surface area contributed by atoms with Crippen molar-refractivity contribution in [3.63, 3.8) is 0 Å². The molecule has 5 atom stereocenters. The first-order chi connectivity index (χ1) is 20.4. The first-order valence-corrected chi connectivity index (χ1v) is 16.5. The van der Waals surface area contributed by atoms with Gasteiger partial charge in [-0.15, -0.1) is 0 Å². The van der Waals surface area contributed by atoms with Crippen LogP contribution in [0, 0.1) is 29.6 Å². The van der Waals surface area contributed by atoms with Gasteiger partial charge in [0.15, 0.2) is 0 Å². The molecule has 0 aromatic rings. The monoisotopic (exact) mass is 624 g/mol. The molecule has 0 spiro atoms. The molecule has 0 rings (SSSR count). The van der Waals surface area contributed by atoms with E-state index in [1.807, 2.05) is 60.4 Å². The lowest BCUT2D eigenvalue weighted by molar-refractivity contribution is -0.132. The topological polar surface area (TPSA) is 152 Å². The number of hydrazone groups is 1. The predicted octanol–water partition coefficient (Wildman–Crippen LogP) is 3.46. The molecule has 0 aromatic heterocycles. The Balaban J connectivity index is 5.09. The van der Waals surface area contributed by atoms with Gasteiger partial charge in [0.1, 0.15) is 6.04 Å². The van der Waals surface area contributed by atoms with Crippen LogP contribution in [0.2, 0.25) is 0 Å². The van der Waals surface area contributed by atoms with E-state index in [1.165, 1.54) is 0 Å². The molecule has 5 N–H and O–H groups in total. The second-order valence-electron chi connectivity index (χ2n) is 13.9. The van der Waals surface area contributed by atoms with E-state index in [9.17, 15) is 24.3 Å². The van der Waals surface area contributed by atoms with Crippen LogP contribution in [0.3, 0.4) is 0 Å². The molecule has 0 saturated carbocycles. The average molecular weight is 625 g/mol. The molecule has 0 aliphatic carbocycles. The van der Waals surface area contributed by atoms with Crippen molar-refractivity contribution in [3.8, 4) is 0 Å². The van der Waals surface area contributed by atoms with Crippen LogP contribution in [0.4, 0.5) is 0 Å². The Bertz CT molecular complexity index is 920. The smallest absolute Gasteiger partial charge is 0.242 e. The molecule has 44 heavy (non-hydrogen) atoms. The normalized spacial score (nSPS) is 15.5. The molecule has 0 aliphatic heterocycles. The van der Waals surface area contributed by atoms with Crippen molar-refractivity contribution in [3.05, 3.63) is 0 Å². The molecule has 0 bridgehead atoms. The van der Waals surface area contributed by atoms with E-state index in [4.69, 9.17) is 0 Å². The average Bonchev–Trinajstić information content (AvgIpc) is 2.91. The number of carbonyl (C=O) groups excluding carboxylic acids is 4. The largest absolute Gasteiger partial charge is 0.391 e. The maximum Gasteiger partial charge on any atom is 0.242 e. The van der Waals surface area contributed by atoms with Crippen LogP contribution in [0.5, 0.6) is 0 Å². The van der Waals surface area contributed by atoms with Crippen molar-refractivity contribution < 1.29 is 24.3 Å². The minimum atomic E-state index is -0.987. The molecule has 0 unspecified atom stereocenters. The molecule has 0 saturated heterocycles. The molecule has 4 amide bonds. The number of rotatable bonds is 21. The standard InChI is InChI=1S/C33H64N6O5/c1-13-26(12)38-39(23(8)9)19-24(10)15-29(41)34-18-30(42)36-27(14-20(2)3)28(40)16-25(11)32(43)37-31(22(6)7)33(44)35-17-21(4)5/h20-25,27-28,31,40H,13-19H2,1-12H3,(H,34,41)(H,35,44)(H,36,42)(H,37,43)/b38-26-/t24-,25-,27+,28+,31+/m1/s1. The van der Waals surface area contributed by atoms with Crippen molar-refractivity contribution in [1.29, 1.82) is 0 Å². The summed E-state index contributed by atoms with van der Waals surface area (Å²) in [5, 5.41) is 29.0. The van der Waals surface area contributed by atoms with Crippen LogP contribution in [-0.4, -0.2) is 83.3 Å². The third kappa shape index (κ3) is 17.6. The summed E-state index contributed by atoms with van der Waals surface area (Å²) in [4.78, 5) is 51.0. The summed E-state index contributed by atoms with van der Waals surface area (Å²) >= 11 is 0. The van der Waals surface area contributed by atoms with Crippen molar-refractivity contribution in [2.45, 2.75) is 133 Å². The van der Waals surface area contributed by atoms with Gasteiger partial charge in [0.25, 0.3) is 0 Å². The van der Waals surface area contributed by atoms with E-state index in [0.717, 1.165) is 12.1 Å². The third-order valence-corrected chi connectivity index (χ3v) is 7.40. The van der Waals surface area contributed by atoms with Gasteiger partial charge in [0.2, 0.25) is 23.6 Å². The van der Waals surface area contributed by atoms with Gasteiger partial charge in [-0.05, 0) is 63.7 Å². The first-order valence-electron chi connectivity index (χ1n) is 16.5. The van der Waals surface area contributed by atoms with Gasteiger partial charge in [0, 0.05) is 37.2 Å². The Hall–Kier alpha value is -2.69. The lowest BCUT2D eigenvalue weighted by atomic mass is 9.92. The molecular weight excluding hydrogens is 560 g/mol. The van der Waals surface area contributed by atoms with Crippen molar-refractivity contribution in [2.24, 2.45) is 34.7 Å². The molecule has 0 fully saturated rings. The van der Waals surface area contributed by atoms with E-state index < -0.39 is 30.0 Å². The second kappa shape index (κ2) is 21.1. The molecule has 0 heterocycles. The summed E-state index contributed by atoms with van der Waals surface area (Å²) in [6, 6.07) is -1.07. The highest BCUT2D eigenvalue weighted by Gasteiger charge is 2.30. The Morgan fingerprint density at radius 2 is 1.41 bits per heavy atom. The van der Waals surface area contributed by atoms with E-state index in [-0.39, 0.29) is 66.8 Å². The number of nitrogens with zero attached hydrogens (tertiary/aromatic N) is 2. The fraction of sp³-hybridized carbons (Fsp3) is 0.848. The van der Waals surface area contributed by atoms with Gasteiger partial charge in [-0.1, -0.05) is 62.3 Å². The fourth-order valence-electron chi connectivity index (χ4n) is 4.57. The maximum absolute atomic E-state index is 13.0. The molecule has 0 aliphatic rings. The lowest BCUT2D eigenvalue weighted by Gasteiger charge is -2.29. The molecule has 256 valence electrons. The Kier molecular flexibility index (Phi) is 19.8. The molecule has 0 aromatic carbocycles. The van der Waals surface area contributed by atoms with E-state index in [1.54, 1.807) is 6.92 Å². The minimum absolute atomic E-state index is 0.0357. The van der Waals surface area contributed by atoms with Crippen molar-refractivity contribution in [1.82, 2.24) is 26.3 Å². The van der Waals surface area contributed by atoms with E-state index in [2.05, 4.69) is 47.1 Å². The lowest BCUT2D eigenvalue weighted by Crippen LogP contribution is -2.52. The SMILES string of the molecule is CC/C(C)=N\N(C[C@H](C)CC(=O)NCC(=O)N[C@@H](CC(C)C)[C@@H](O)C[C@@H](C)C(=O)N[C@H](C(=O)NCC(C)C)C(C)C)C(C)C. The minimum Gasteiger partial charge on any atom is -0.391 e. The summed E-state index contributed by atoms with van der Waals surface area (Å²) in [6.45, 7) is 24.5. The molecule has 0 radical (unpaired) electrons. The van der Waals surface area contributed by atoms with E-state index in [0.29, 0.717) is 19.5 Å². The van der Waals surface area contributed by atoms with Crippen LogP contribution in [0.15, 0.2) is 5.10 Å². The van der Waals surface area contributed by atoms with Gasteiger partial charge in [-0.2, -0.15) is 5.10 Å². The van der Waals surface area contributed by atoms with Gasteiger partial charge in [0.05, 0.1) is 18.7 Å². The third-order valence-electron chi connectivity index (χ3n) is 7.40. The Labute approximate surface area is 267 Å². The van der Waals surface area contributed by atoms with Crippen LogP contribution < -0.4 is 21.3 Å². The zero-order valence-electron chi connectivity index (χ0n) is 29.6. The predicted molar refractivity (Wildman–Crippen MR) is 178 cm³/mol. The summed E-state index contributed by atoms with van der Waals surface area (Å²) in [7, 11) is 0. The zero-order valence-corrected chi connectivity index (χ0v) is 29.6. The highest BCUT2D eigenvalue weighted by Crippen LogP contribution is 2.17. The van der Waals surface area contributed by atoms with Crippen LogP contribution in [0.1, 0.15) is 109 Å². The van der Waals surface area contributed by atoms with Crippen LogP contribution in [-0.2, 0) is 19.2 Å². The molecule has 11 nitrogen and oxygen atoms in total. The van der Waals surface area contributed by atoms with Gasteiger partial charge in [-0.25, -0.2) is 0 Å². The summed E-state index contributed by atoms with van der Waals surface area (Å²) in [5.41, 5.74) is 1.03. The highest BCUT2D eigenvalue weighted by atomic mass is 16.3. The highest BCUT2D eigenvalue weighted by molar-refractivity contribution is 5.88. The van der Waals surface area contributed by atoms with Crippen molar-refractivity contribution in [2.75, 3.05) is 19.6 Å². The maximum atomic E-state index is 13.0. The summed E-state index contributed by atoms with van der Waals surface area (Å²) < 4.78 is 0. The number of aliphatic hydroxyl groups excluding tert-OH is 1. The van der Waals surface area contributed by atoms with Gasteiger partial charge < -0.3 is 26.4 Å². The number of hydrogen-bond donors (Lipinski definition) is 5. The second-order valence-corrected chi connectivity index (χ2v) is 13.9. The Morgan fingerprint density at radius 3 is 1.91 bits per heavy atom. The Morgan fingerprint density at radius 1 is 0.795 bits per heavy atom. The quantitative estimate of drug-likeness (QED) is 0.0975. The fourth-order valence-corrected chi connectivity index (χ4v) is 4.57. The number of hydrogen-bond acceptors (Lipinski definition) is 7. The number of carbonyl (C=O) groups is 4. The zero-order chi connectivity index (χ0) is 34.1. The summed E-state index contributed by atoms with van der Waals surface area (Å²) in [5.74, 6) is -1.39. The van der Waals surface area contributed by atoms with Gasteiger partial charge >= 0.3 is 0 Å². The number of aliphatic hydroxyl groups is 1. The number of nitrogens with one attached hydrogen (secondary N) is 4. The van der Waals surface area contributed by atoms with E-state index >= 15 is 0 Å². The summed E-state index contributed by atoms with van der Waals surface area (Å²) in [6.07, 6.45) is 0.745. The molecular formula is C33H64N6O5. The molecule has 11 heteroatoms. The first kappa shape index (κ1) is 41.3.